The van der Waals surface area contributed by atoms with Crippen LogP contribution in [0.5, 0.6) is 0 Å². The van der Waals surface area contributed by atoms with Crippen LogP contribution in [0.25, 0.3) is 0 Å². The molecule has 1 N–H and O–H groups in total. The third-order valence-corrected chi connectivity index (χ3v) is 6.12. The number of ether oxygens (including phenoxy) is 4. The maximum Gasteiger partial charge on any atom is 0.338 e. The quantitative estimate of drug-likeness (QED) is 0.291. The number of carbonyl (C=O) groups is 4. The van der Waals surface area contributed by atoms with E-state index in [1.165, 1.54) is 6.92 Å². The van der Waals surface area contributed by atoms with E-state index in [0.29, 0.717) is 5.56 Å². The number of nitrogens with one attached hydrogen (secondary N) is 1. The molecular weight excluding hydrogens is 502 g/mol. The first kappa shape index (κ1) is 29.6. The van der Waals surface area contributed by atoms with Gasteiger partial charge in [0.25, 0.3) is 0 Å². The van der Waals surface area contributed by atoms with E-state index in [1.807, 2.05) is 0 Å². The Labute approximate surface area is 228 Å². The molecule has 0 saturated carbocycles. The van der Waals surface area contributed by atoms with Crippen molar-refractivity contribution in [2.45, 2.75) is 64.6 Å². The minimum absolute atomic E-state index is 0.266. The summed E-state index contributed by atoms with van der Waals surface area (Å²) in [4.78, 5) is 51.0. The molecule has 0 aromatic heterocycles. The fraction of sp³-hybridized carbons (Fsp3) is 0.400. The standard InChI is InChI=1S/C30H35NO8/c1-6-13-22-24(31-29(35)30(3,4)5)26(37-19(2)32)25(39-28(34)21-16-11-8-12-17-21)23(38-22)18-36-27(33)20-14-9-7-10-15-20/h6-12,14-17,22-26H,1,13,18H2,2-5H3,(H,31,35). The second-order valence-electron chi connectivity index (χ2n) is 10.3. The Morgan fingerprint density at radius 3 is 1.95 bits per heavy atom. The van der Waals surface area contributed by atoms with Gasteiger partial charge in [-0.15, -0.1) is 6.58 Å². The summed E-state index contributed by atoms with van der Waals surface area (Å²) in [5.74, 6) is -2.25. The summed E-state index contributed by atoms with van der Waals surface area (Å²) in [5, 5.41) is 2.92. The van der Waals surface area contributed by atoms with Crippen molar-refractivity contribution < 1.29 is 38.1 Å². The summed E-state index contributed by atoms with van der Waals surface area (Å²) in [5.41, 5.74) is -0.166. The maximum atomic E-state index is 13.1. The lowest BCUT2D eigenvalue weighted by atomic mass is 9.88. The summed E-state index contributed by atoms with van der Waals surface area (Å²) in [6.07, 6.45) is -2.20. The smallest absolute Gasteiger partial charge is 0.338 e. The van der Waals surface area contributed by atoms with E-state index in [4.69, 9.17) is 18.9 Å². The van der Waals surface area contributed by atoms with Crippen molar-refractivity contribution in [2.24, 2.45) is 5.41 Å². The van der Waals surface area contributed by atoms with Gasteiger partial charge >= 0.3 is 17.9 Å². The van der Waals surface area contributed by atoms with Gasteiger partial charge in [0.2, 0.25) is 5.91 Å². The molecule has 2 aromatic rings. The molecule has 2 aromatic carbocycles. The van der Waals surface area contributed by atoms with E-state index in [9.17, 15) is 19.2 Å². The van der Waals surface area contributed by atoms with Crippen LogP contribution in [-0.2, 0) is 28.5 Å². The van der Waals surface area contributed by atoms with Crippen LogP contribution in [-0.4, -0.2) is 60.9 Å². The zero-order chi connectivity index (χ0) is 28.6. The zero-order valence-electron chi connectivity index (χ0n) is 22.6. The van der Waals surface area contributed by atoms with Crippen molar-refractivity contribution in [3.63, 3.8) is 0 Å². The van der Waals surface area contributed by atoms with E-state index in [-0.39, 0.29) is 24.5 Å². The second-order valence-corrected chi connectivity index (χ2v) is 10.3. The highest BCUT2D eigenvalue weighted by molar-refractivity contribution is 5.90. The maximum absolute atomic E-state index is 13.1. The first-order chi connectivity index (χ1) is 18.5. The van der Waals surface area contributed by atoms with Crippen molar-refractivity contribution in [3.05, 3.63) is 84.4 Å². The fourth-order valence-electron chi connectivity index (χ4n) is 4.11. The van der Waals surface area contributed by atoms with Crippen LogP contribution in [0.2, 0.25) is 0 Å². The molecule has 0 bridgehead atoms. The van der Waals surface area contributed by atoms with E-state index in [0.717, 1.165) is 0 Å². The summed E-state index contributed by atoms with van der Waals surface area (Å²) in [7, 11) is 0. The molecule has 9 heteroatoms. The lowest BCUT2D eigenvalue weighted by Gasteiger charge is -2.46. The first-order valence-corrected chi connectivity index (χ1v) is 12.7. The SMILES string of the molecule is C=CCC1OC(COC(=O)c2ccccc2)C(OC(=O)c2ccccc2)C(OC(C)=O)C1NC(=O)C(C)(C)C. The molecule has 1 heterocycles. The molecule has 208 valence electrons. The van der Waals surface area contributed by atoms with Crippen LogP contribution in [0.1, 0.15) is 54.8 Å². The average molecular weight is 538 g/mol. The Morgan fingerprint density at radius 1 is 0.872 bits per heavy atom. The zero-order valence-corrected chi connectivity index (χ0v) is 22.6. The number of esters is 3. The van der Waals surface area contributed by atoms with Crippen LogP contribution in [0, 0.1) is 5.41 Å². The Balaban J connectivity index is 1.97. The third-order valence-electron chi connectivity index (χ3n) is 6.12. The summed E-state index contributed by atoms with van der Waals surface area (Å²) >= 11 is 0. The van der Waals surface area contributed by atoms with Gasteiger partial charge < -0.3 is 24.3 Å². The number of benzene rings is 2. The van der Waals surface area contributed by atoms with Gasteiger partial charge in [-0.3, -0.25) is 9.59 Å². The van der Waals surface area contributed by atoms with E-state index in [2.05, 4.69) is 11.9 Å². The molecule has 0 radical (unpaired) electrons. The molecule has 1 aliphatic heterocycles. The molecule has 1 amide bonds. The highest BCUT2D eigenvalue weighted by atomic mass is 16.6. The molecule has 1 fully saturated rings. The molecule has 1 aliphatic rings. The highest BCUT2D eigenvalue weighted by Gasteiger charge is 2.51. The minimum Gasteiger partial charge on any atom is -0.459 e. The number of carbonyl (C=O) groups excluding carboxylic acids is 4. The molecule has 0 spiro atoms. The Hall–Kier alpha value is -3.98. The van der Waals surface area contributed by atoms with Crippen molar-refractivity contribution in [3.8, 4) is 0 Å². The Morgan fingerprint density at radius 2 is 1.44 bits per heavy atom. The number of hydrogen-bond acceptors (Lipinski definition) is 8. The minimum atomic E-state index is -1.21. The molecule has 9 nitrogen and oxygen atoms in total. The number of hydrogen-bond donors (Lipinski definition) is 1. The highest BCUT2D eigenvalue weighted by Crippen LogP contribution is 2.30. The van der Waals surface area contributed by atoms with Gasteiger partial charge in [0, 0.05) is 12.3 Å². The van der Waals surface area contributed by atoms with Gasteiger partial charge in [0.05, 0.1) is 23.3 Å². The van der Waals surface area contributed by atoms with Crippen molar-refractivity contribution in [1.82, 2.24) is 5.32 Å². The van der Waals surface area contributed by atoms with Crippen LogP contribution < -0.4 is 5.32 Å². The normalized spacial score (nSPS) is 22.7. The van der Waals surface area contributed by atoms with E-state index >= 15 is 0 Å². The van der Waals surface area contributed by atoms with Crippen molar-refractivity contribution in [2.75, 3.05) is 6.61 Å². The van der Waals surface area contributed by atoms with Gasteiger partial charge in [-0.25, -0.2) is 9.59 Å². The molecule has 5 atom stereocenters. The van der Waals surface area contributed by atoms with Crippen LogP contribution in [0.4, 0.5) is 0 Å². The molecule has 0 aliphatic carbocycles. The fourth-order valence-corrected chi connectivity index (χ4v) is 4.11. The van der Waals surface area contributed by atoms with Gasteiger partial charge in [-0.1, -0.05) is 63.2 Å². The van der Waals surface area contributed by atoms with Crippen LogP contribution in [0.15, 0.2) is 73.3 Å². The van der Waals surface area contributed by atoms with Crippen molar-refractivity contribution >= 4 is 23.8 Å². The summed E-state index contributed by atoms with van der Waals surface area (Å²) < 4.78 is 23.3. The van der Waals surface area contributed by atoms with Crippen molar-refractivity contribution in [1.29, 1.82) is 0 Å². The van der Waals surface area contributed by atoms with Crippen LogP contribution >= 0.6 is 0 Å². The largest absolute Gasteiger partial charge is 0.459 e. The molecule has 3 rings (SSSR count). The molecule has 5 unspecified atom stereocenters. The average Bonchev–Trinajstić information content (AvgIpc) is 2.90. The van der Waals surface area contributed by atoms with Gasteiger partial charge in [-0.2, -0.15) is 0 Å². The first-order valence-electron chi connectivity index (χ1n) is 12.7. The number of amides is 1. The van der Waals surface area contributed by atoms with E-state index in [1.54, 1.807) is 87.5 Å². The molecular formula is C30H35NO8. The second kappa shape index (κ2) is 13.2. The van der Waals surface area contributed by atoms with Crippen LogP contribution in [0.3, 0.4) is 0 Å². The Kier molecular flexibility index (Phi) is 10.0. The lowest BCUT2D eigenvalue weighted by molar-refractivity contribution is -0.210. The lowest BCUT2D eigenvalue weighted by Crippen LogP contribution is -2.66. The molecule has 1 saturated heterocycles. The third kappa shape index (κ3) is 8.00. The summed E-state index contributed by atoms with van der Waals surface area (Å²) in [6, 6.07) is 15.8. The Bertz CT molecular complexity index is 1160. The predicted octanol–water partition coefficient (Wildman–Crippen LogP) is 3.88. The predicted molar refractivity (Wildman–Crippen MR) is 143 cm³/mol. The van der Waals surface area contributed by atoms with Gasteiger partial charge in [0.15, 0.2) is 12.2 Å². The number of rotatable bonds is 9. The monoisotopic (exact) mass is 537 g/mol. The van der Waals surface area contributed by atoms with Gasteiger partial charge in [-0.05, 0) is 30.7 Å². The summed E-state index contributed by atoms with van der Waals surface area (Å²) in [6.45, 7) is 9.93. The molecule has 39 heavy (non-hydrogen) atoms. The van der Waals surface area contributed by atoms with Gasteiger partial charge in [0.1, 0.15) is 12.7 Å². The van der Waals surface area contributed by atoms with E-state index < -0.39 is 53.8 Å². The topological polar surface area (TPSA) is 117 Å².